The third-order valence-corrected chi connectivity index (χ3v) is 10.8. The van der Waals surface area contributed by atoms with Gasteiger partial charge in [0, 0.05) is 32.9 Å². The molecule has 0 radical (unpaired) electrons. The first kappa shape index (κ1) is 30.2. The lowest BCUT2D eigenvalue weighted by Crippen LogP contribution is -1.97. The van der Waals surface area contributed by atoms with E-state index in [2.05, 4.69) is 205 Å². The number of hydrogen-bond donors (Lipinski definition) is 0. The van der Waals surface area contributed by atoms with Gasteiger partial charge in [-0.05, 0) is 119 Å². The number of hydrogen-bond acceptors (Lipinski definition) is 0. The molecule has 2 heteroatoms. The summed E-state index contributed by atoms with van der Waals surface area (Å²) in [6, 6.07) is 66.7. The largest absolute Gasteiger partial charge is 0.309 e. The third kappa shape index (κ3) is 4.80. The zero-order chi connectivity index (χ0) is 34.8. The quantitative estimate of drug-likeness (QED) is 0.173. The average molecular weight is 665 g/mol. The summed E-state index contributed by atoms with van der Waals surface area (Å²) in [4.78, 5) is 0. The van der Waals surface area contributed by atoms with Gasteiger partial charge in [0.1, 0.15) is 0 Å². The fraction of sp³-hybridized carbons (Fsp3) is 0.0400. The molecule has 0 fully saturated rings. The van der Waals surface area contributed by atoms with Gasteiger partial charge in [-0.15, -0.1) is 0 Å². The van der Waals surface area contributed by atoms with Crippen molar-refractivity contribution < 1.29 is 0 Å². The van der Waals surface area contributed by atoms with E-state index < -0.39 is 0 Å². The van der Waals surface area contributed by atoms with Gasteiger partial charge >= 0.3 is 0 Å². The smallest absolute Gasteiger partial charge is 0.0547 e. The van der Waals surface area contributed by atoms with Crippen LogP contribution in [0.4, 0.5) is 0 Å². The number of para-hydroxylation sites is 3. The predicted octanol–water partition coefficient (Wildman–Crippen LogP) is 13.5. The van der Waals surface area contributed by atoms with E-state index in [1.165, 1.54) is 93.8 Å². The van der Waals surface area contributed by atoms with Gasteiger partial charge in [0.15, 0.2) is 0 Å². The van der Waals surface area contributed by atoms with Crippen LogP contribution in [0.3, 0.4) is 0 Å². The van der Waals surface area contributed by atoms with E-state index in [1.807, 2.05) is 0 Å². The van der Waals surface area contributed by atoms with Crippen molar-refractivity contribution in [1.82, 2.24) is 9.13 Å². The molecular formula is C50H36N2. The molecule has 2 heterocycles. The van der Waals surface area contributed by atoms with Gasteiger partial charge in [0.2, 0.25) is 0 Å². The summed E-state index contributed by atoms with van der Waals surface area (Å²) >= 11 is 0. The van der Waals surface area contributed by atoms with E-state index in [1.54, 1.807) is 0 Å². The van der Waals surface area contributed by atoms with Gasteiger partial charge in [-0.1, -0.05) is 121 Å². The lowest BCUT2D eigenvalue weighted by molar-refractivity contribution is 1.18. The number of aryl methyl sites for hydroxylation is 2. The summed E-state index contributed by atoms with van der Waals surface area (Å²) in [6.45, 7) is 4.41. The first-order chi connectivity index (χ1) is 25.6. The van der Waals surface area contributed by atoms with E-state index in [-0.39, 0.29) is 0 Å². The Morgan fingerprint density at radius 3 is 1.42 bits per heavy atom. The van der Waals surface area contributed by atoms with E-state index in [0.29, 0.717) is 0 Å². The Balaban J connectivity index is 1.19. The minimum absolute atomic E-state index is 1.16. The maximum Gasteiger partial charge on any atom is 0.0547 e. The summed E-state index contributed by atoms with van der Waals surface area (Å²) < 4.78 is 4.85. The van der Waals surface area contributed by atoms with Crippen molar-refractivity contribution in [2.24, 2.45) is 0 Å². The van der Waals surface area contributed by atoms with Crippen molar-refractivity contribution in [3.63, 3.8) is 0 Å². The summed E-state index contributed by atoms with van der Waals surface area (Å²) in [7, 11) is 0. The highest BCUT2D eigenvalue weighted by Gasteiger charge is 2.18. The highest BCUT2D eigenvalue weighted by molar-refractivity contribution is 6.12. The van der Waals surface area contributed by atoms with Crippen LogP contribution in [0.25, 0.3) is 88.4 Å². The van der Waals surface area contributed by atoms with Crippen LogP contribution in [0.5, 0.6) is 0 Å². The molecule has 0 aliphatic heterocycles. The normalized spacial score (nSPS) is 11.7. The average Bonchev–Trinajstić information content (AvgIpc) is 3.70. The van der Waals surface area contributed by atoms with Crippen LogP contribution in [-0.2, 0) is 0 Å². The number of benzene rings is 8. The van der Waals surface area contributed by atoms with E-state index in [0.717, 1.165) is 5.69 Å². The minimum Gasteiger partial charge on any atom is -0.309 e. The topological polar surface area (TPSA) is 9.86 Å². The van der Waals surface area contributed by atoms with Gasteiger partial charge in [0.05, 0.1) is 22.1 Å². The lowest BCUT2D eigenvalue weighted by atomic mass is 9.94. The second-order valence-corrected chi connectivity index (χ2v) is 13.9. The van der Waals surface area contributed by atoms with Crippen molar-refractivity contribution in [1.29, 1.82) is 0 Å². The Morgan fingerprint density at radius 2 is 0.769 bits per heavy atom. The first-order valence-corrected chi connectivity index (χ1v) is 18.0. The molecule has 0 spiro atoms. The molecule has 0 atom stereocenters. The molecule has 0 amide bonds. The van der Waals surface area contributed by atoms with Crippen LogP contribution in [0, 0.1) is 13.8 Å². The molecule has 10 rings (SSSR count). The van der Waals surface area contributed by atoms with Crippen molar-refractivity contribution in [2.75, 3.05) is 0 Å². The molecule has 0 bridgehead atoms. The maximum atomic E-state index is 2.45. The fourth-order valence-electron chi connectivity index (χ4n) is 8.28. The van der Waals surface area contributed by atoms with Gasteiger partial charge in [-0.3, -0.25) is 0 Å². The molecule has 0 saturated carbocycles. The molecule has 52 heavy (non-hydrogen) atoms. The van der Waals surface area contributed by atoms with Crippen LogP contribution in [0.15, 0.2) is 182 Å². The highest BCUT2D eigenvalue weighted by Crippen LogP contribution is 2.40. The summed E-state index contributed by atoms with van der Waals surface area (Å²) in [5.74, 6) is 0. The van der Waals surface area contributed by atoms with Crippen LogP contribution >= 0.6 is 0 Å². The fourth-order valence-corrected chi connectivity index (χ4v) is 8.28. The maximum absolute atomic E-state index is 2.45. The van der Waals surface area contributed by atoms with Gasteiger partial charge in [-0.2, -0.15) is 0 Å². The van der Waals surface area contributed by atoms with Crippen LogP contribution < -0.4 is 0 Å². The van der Waals surface area contributed by atoms with E-state index in [4.69, 9.17) is 0 Å². The summed E-state index contributed by atoms with van der Waals surface area (Å²) in [6.07, 6.45) is 0. The number of fused-ring (bicyclic) bond motifs is 6. The van der Waals surface area contributed by atoms with Crippen molar-refractivity contribution in [3.05, 3.63) is 193 Å². The Morgan fingerprint density at radius 1 is 0.288 bits per heavy atom. The Bertz CT molecular complexity index is 2910. The second-order valence-electron chi connectivity index (χ2n) is 13.9. The van der Waals surface area contributed by atoms with Gasteiger partial charge in [-0.25, -0.2) is 0 Å². The standard InChI is InChI=1S/C50H36N2/c1-33-14-6-8-18-41(33)37-28-38(42-19-9-7-15-34(42)2)30-40(29-37)52-48-23-13-11-21-44(48)46-31-35(25-27-49(46)52)36-24-26-45-43-20-10-12-22-47(43)51(50(45)32-36)39-16-4-3-5-17-39/h3-32H,1-2H3. The SMILES string of the molecule is Cc1ccccc1-c1cc(-c2ccccc2C)cc(-n2c3ccccc3c3cc(-c4ccc5c6ccccc6n(-c6ccccc6)c5c4)ccc32)c1. The molecule has 8 aromatic carbocycles. The number of nitrogens with zero attached hydrogens (tertiary/aromatic N) is 2. The zero-order valence-electron chi connectivity index (χ0n) is 29.2. The van der Waals surface area contributed by atoms with Gasteiger partial charge in [0.25, 0.3) is 0 Å². The van der Waals surface area contributed by atoms with Crippen LogP contribution in [0.2, 0.25) is 0 Å². The third-order valence-electron chi connectivity index (χ3n) is 10.8. The molecule has 0 saturated heterocycles. The molecule has 246 valence electrons. The Kier molecular flexibility index (Phi) is 6.97. The molecular weight excluding hydrogens is 629 g/mol. The lowest BCUT2D eigenvalue weighted by Gasteiger charge is -2.16. The molecule has 0 aliphatic rings. The molecule has 0 N–H and O–H groups in total. The minimum atomic E-state index is 1.16. The van der Waals surface area contributed by atoms with Gasteiger partial charge < -0.3 is 9.13 Å². The molecule has 2 nitrogen and oxygen atoms in total. The van der Waals surface area contributed by atoms with Crippen molar-refractivity contribution in [2.45, 2.75) is 13.8 Å². The van der Waals surface area contributed by atoms with E-state index in [9.17, 15) is 0 Å². The Labute approximate surface area is 303 Å². The van der Waals surface area contributed by atoms with E-state index >= 15 is 0 Å². The zero-order valence-corrected chi connectivity index (χ0v) is 29.2. The first-order valence-electron chi connectivity index (χ1n) is 18.0. The summed E-state index contributed by atoms with van der Waals surface area (Å²) in [5.41, 5.74) is 17.1. The second kappa shape index (κ2) is 12.0. The Hall–Kier alpha value is -6.64. The van der Waals surface area contributed by atoms with Crippen molar-refractivity contribution in [3.8, 4) is 44.8 Å². The predicted molar refractivity (Wildman–Crippen MR) is 221 cm³/mol. The monoisotopic (exact) mass is 664 g/mol. The van der Waals surface area contributed by atoms with Crippen LogP contribution in [-0.4, -0.2) is 9.13 Å². The number of aromatic nitrogens is 2. The molecule has 10 aromatic rings. The van der Waals surface area contributed by atoms with Crippen LogP contribution in [0.1, 0.15) is 11.1 Å². The number of rotatable bonds is 5. The highest BCUT2D eigenvalue weighted by atomic mass is 15.0. The van der Waals surface area contributed by atoms with Crippen molar-refractivity contribution >= 4 is 43.6 Å². The molecule has 0 aliphatic carbocycles. The molecule has 0 unspecified atom stereocenters. The summed E-state index contributed by atoms with van der Waals surface area (Å²) in [5, 5.41) is 5.02. The molecule has 2 aromatic heterocycles.